The first-order chi connectivity index (χ1) is 7.65. The number of hydrogen-bond acceptors (Lipinski definition) is 2. The van der Waals surface area contributed by atoms with Crippen molar-refractivity contribution in [2.24, 2.45) is 0 Å². The zero-order valence-corrected chi connectivity index (χ0v) is 10.00. The minimum absolute atomic E-state index is 0.297. The summed E-state index contributed by atoms with van der Waals surface area (Å²) in [6.45, 7) is 0. The fourth-order valence-electron chi connectivity index (χ4n) is 1.79. The van der Waals surface area contributed by atoms with Crippen molar-refractivity contribution in [1.82, 2.24) is 9.66 Å². The molecule has 0 aliphatic rings. The van der Waals surface area contributed by atoms with Gasteiger partial charge in [-0.2, -0.15) is 0 Å². The van der Waals surface area contributed by atoms with Crippen molar-refractivity contribution in [3.63, 3.8) is 0 Å². The first kappa shape index (κ1) is 11.2. The molecule has 0 amide bonds. The minimum Gasteiger partial charge on any atom is -0.317 e. The molecule has 16 heavy (non-hydrogen) atoms. The third-order valence-electron chi connectivity index (χ3n) is 2.40. The summed E-state index contributed by atoms with van der Waals surface area (Å²) in [6, 6.07) is 4.95. The number of aryl methyl sites for hydroxylation is 1. The Kier molecular flexibility index (Phi) is 3.01. The van der Waals surface area contributed by atoms with Crippen molar-refractivity contribution in [2.75, 3.05) is 25.0 Å². The summed E-state index contributed by atoms with van der Waals surface area (Å²) in [5.41, 5.74) is 1.17. The molecule has 0 aliphatic carbocycles. The summed E-state index contributed by atoms with van der Waals surface area (Å²) in [4.78, 5) is 4.29. The lowest BCUT2D eigenvalue weighted by Crippen LogP contribution is -2.26. The lowest BCUT2D eigenvalue weighted by molar-refractivity contribution is 0.637. The zero-order valence-electron chi connectivity index (χ0n) is 9.24. The van der Waals surface area contributed by atoms with Crippen LogP contribution in [0.3, 0.4) is 0 Å². The van der Waals surface area contributed by atoms with E-state index in [1.165, 1.54) is 6.07 Å². The molecule has 0 spiro atoms. The lowest BCUT2D eigenvalue weighted by Gasteiger charge is -2.17. The number of alkyl halides is 1. The monoisotopic (exact) mass is 241 g/mol. The maximum absolute atomic E-state index is 13.6. The van der Waals surface area contributed by atoms with Crippen LogP contribution in [0.2, 0.25) is 0 Å². The van der Waals surface area contributed by atoms with Gasteiger partial charge in [0.2, 0.25) is 0 Å². The Bertz CT molecular complexity index is 507. The highest BCUT2D eigenvalue weighted by Crippen LogP contribution is 2.19. The number of fused-ring (bicyclic) bond motifs is 1. The van der Waals surface area contributed by atoms with Crippen LogP contribution in [0.1, 0.15) is 5.82 Å². The van der Waals surface area contributed by atoms with Crippen LogP contribution in [0, 0.1) is 5.82 Å². The van der Waals surface area contributed by atoms with E-state index < -0.39 is 0 Å². The van der Waals surface area contributed by atoms with Crippen LogP contribution < -0.4 is 5.01 Å². The Labute approximate surface area is 98.4 Å². The van der Waals surface area contributed by atoms with Gasteiger partial charge in [0.25, 0.3) is 0 Å². The highest BCUT2D eigenvalue weighted by molar-refractivity contribution is 6.17. The number of rotatable bonds is 3. The smallest absolute Gasteiger partial charge is 0.151 e. The molecule has 0 N–H and O–H groups in total. The second kappa shape index (κ2) is 4.29. The second-order valence-corrected chi connectivity index (χ2v) is 4.11. The van der Waals surface area contributed by atoms with E-state index in [1.807, 2.05) is 29.8 Å². The van der Waals surface area contributed by atoms with E-state index in [4.69, 9.17) is 11.6 Å². The lowest BCUT2D eigenvalue weighted by atomic mass is 10.3. The fourth-order valence-corrected chi connectivity index (χ4v) is 1.96. The van der Waals surface area contributed by atoms with Crippen molar-refractivity contribution in [3.05, 3.63) is 29.8 Å². The predicted octanol–water partition coefficient (Wildman–Crippen LogP) is 2.15. The molecule has 0 unspecified atom stereocenters. The van der Waals surface area contributed by atoms with Gasteiger partial charge in [-0.25, -0.2) is 14.1 Å². The molecular formula is C11H13ClFN3. The quantitative estimate of drug-likeness (QED) is 0.768. The molecule has 86 valence electrons. The fraction of sp³-hybridized carbons (Fsp3) is 0.364. The van der Waals surface area contributed by atoms with Crippen LogP contribution >= 0.6 is 11.6 Å². The molecule has 1 heterocycles. The number of imidazole rings is 1. The summed E-state index contributed by atoms with van der Waals surface area (Å²) in [6.07, 6.45) is 0.619. The number of benzene rings is 1. The molecule has 0 saturated carbocycles. The van der Waals surface area contributed by atoms with E-state index in [1.54, 1.807) is 6.07 Å². The molecule has 0 radical (unpaired) electrons. The topological polar surface area (TPSA) is 21.1 Å². The van der Waals surface area contributed by atoms with Crippen LogP contribution in [0.25, 0.3) is 11.0 Å². The Balaban J connectivity index is 2.70. The van der Waals surface area contributed by atoms with Gasteiger partial charge in [0.15, 0.2) is 5.82 Å². The van der Waals surface area contributed by atoms with E-state index in [-0.39, 0.29) is 5.82 Å². The van der Waals surface area contributed by atoms with E-state index in [0.717, 1.165) is 11.3 Å². The molecule has 0 aliphatic heterocycles. The van der Waals surface area contributed by atoms with Gasteiger partial charge in [0.05, 0.1) is 5.52 Å². The van der Waals surface area contributed by atoms with Gasteiger partial charge >= 0.3 is 0 Å². The van der Waals surface area contributed by atoms with E-state index in [2.05, 4.69) is 4.98 Å². The summed E-state index contributed by atoms with van der Waals surface area (Å²) >= 11 is 5.71. The third-order valence-corrected chi connectivity index (χ3v) is 2.59. The molecule has 3 nitrogen and oxygen atoms in total. The van der Waals surface area contributed by atoms with Crippen molar-refractivity contribution < 1.29 is 4.39 Å². The number of nitrogens with zero attached hydrogens (tertiary/aromatic N) is 3. The Morgan fingerprint density at radius 2 is 2.19 bits per heavy atom. The van der Waals surface area contributed by atoms with Crippen molar-refractivity contribution in [2.45, 2.75) is 6.42 Å². The van der Waals surface area contributed by atoms with E-state index in [9.17, 15) is 4.39 Å². The van der Waals surface area contributed by atoms with E-state index >= 15 is 0 Å². The molecule has 2 aromatic rings. The van der Waals surface area contributed by atoms with Gasteiger partial charge < -0.3 is 5.01 Å². The maximum Gasteiger partial charge on any atom is 0.151 e. The average Bonchev–Trinajstić information content (AvgIpc) is 2.58. The van der Waals surface area contributed by atoms with Gasteiger partial charge in [-0.15, -0.1) is 11.6 Å². The zero-order chi connectivity index (χ0) is 11.7. The van der Waals surface area contributed by atoms with Gasteiger partial charge in [0, 0.05) is 26.4 Å². The summed E-state index contributed by atoms with van der Waals surface area (Å²) < 4.78 is 15.4. The Morgan fingerprint density at radius 1 is 1.44 bits per heavy atom. The number of aromatic nitrogens is 2. The van der Waals surface area contributed by atoms with Crippen LogP contribution in [-0.2, 0) is 6.42 Å². The first-order valence-corrected chi connectivity index (χ1v) is 5.58. The minimum atomic E-state index is -0.297. The summed E-state index contributed by atoms with van der Waals surface area (Å²) in [5.74, 6) is 0.952. The van der Waals surface area contributed by atoms with Crippen molar-refractivity contribution >= 4 is 22.6 Å². The summed E-state index contributed by atoms with van der Waals surface area (Å²) in [7, 11) is 3.79. The highest BCUT2D eigenvalue weighted by Gasteiger charge is 2.14. The first-order valence-electron chi connectivity index (χ1n) is 5.04. The van der Waals surface area contributed by atoms with Crippen LogP contribution in [0.5, 0.6) is 0 Å². The summed E-state index contributed by atoms with van der Waals surface area (Å²) in [5, 5.41) is 1.87. The normalized spacial score (nSPS) is 11.0. The van der Waals surface area contributed by atoms with Gasteiger partial charge in [-0.3, -0.25) is 0 Å². The largest absolute Gasteiger partial charge is 0.317 e. The number of hydrogen-bond donors (Lipinski definition) is 0. The molecular weight excluding hydrogens is 229 g/mol. The predicted molar refractivity (Wildman–Crippen MR) is 64.2 cm³/mol. The van der Waals surface area contributed by atoms with E-state index in [0.29, 0.717) is 17.8 Å². The van der Waals surface area contributed by atoms with Gasteiger partial charge in [0.1, 0.15) is 11.3 Å². The SMILES string of the molecule is CN(C)n1c(CCCl)nc2c(F)cccc21. The molecule has 2 rings (SSSR count). The molecule has 0 saturated heterocycles. The molecule has 1 aromatic heterocycles. The number of halogens is 2. The molecule has 0 fully saturated rings. The maximum atomic E-state index is 13.6. The molecule has 1 aromatic carbocycles. The third kappa shape index (κ3) is 1.73. The van der Waals surface area contributed by atoms with Crippen LogP contribution in [-0.4, -0.2) is 29.6 Å². The van der Waals surface area contributed by atoms with Crippen molar-refractivity contribution in [3.8, 4) is 0 Å². The van der Waals surface area contributed by atoms with Gasteiger partial charge in [-0.1, -0.05) is 6.07 Å². The number of para-hydroxylation sites is 1. The molecule has 0 atom stereocenters. The molecule has 0 bridgehead atoms. The Hall–Kier alpha value is -1.29. The van der Waals surface area contributed by atoms with Gasteiger partial charge in [-0.05, 0) is 12.1 Å². The second-order valence-electron chi connectivity index (χ2n) is 3.73. The van der Waals surface area contributed by atoms with Crippen LogP contribution in [0.4, 0.5) is 4.39 Å². The molecule has 5 heteroatoms. The van der Waals surface area contributed by atoms with Crippen molar-refractivity contribution in [1.29, 1.82) is 0 Å². The average molecular weight is 242 g/mol. The van der Waals surface area contributed by atoms with Crippen LogP contribution in [0.15, 0.2) is 18.2 Å². The highest BCUT2D eigenvalue weighted by atomic mass is 35.5. The standard InChI is InChI=1S/C11H13ClFN3/c1-15(2)16-9-5-3-4-8(13)11(9)14-10(16)6-7-12/h3-5H,6-7H2,1-2H3. The Morgan fingerprint density at radius 3 is 2.81 bits per heavy atom.